The first-order valence-electron chi connectivity index (χ1n) is 5.69. The van der Waals surface area contributed by atoms with Gasteiger partial charge in [-0.2, -0.15) is 0 Å². The van der Waals surface area contributed by atoms with Crippen molar-refractivity contribution in [1.82, 2.24) is 19.8 Å². The van der Waals surface area contributed by atoms with E-state index in [2.05, 4.69) is 33.6 Å². The second-order valence-corrected chi connectivity index (χ2v) is 4.20. The van der Waals surface area contributed by atoms with Crippen LogP contribution in [-0.2, 0) is 6.54 Å². The summed E-state index contributed by atoms with van der Waals surface area (Å²) in [5, 5.41) is 3.37. The van der Waals surface area contributed by atoms with E-state index in [4.69, 9.17) is 0 Å². The lowest BCUT2D eigenvalue weighted by Gasteiger charge is -2.27. The maximum atomic E-state index is 4.31. The molecule has 0 aromatic carbocycles. The Morgan fingerprint density at radius 1 is 1.27 bits per heavy atom. The largest absolute Gasteiger partial charge is 0.333 e. The summed E-state index contributed by atoms with van der Waals surface area (Å²) in [7, 11) is 0. The average Bonchev–Trinajstić information content (AvgIpc) is 2.59. The lowest BCUT2D eigenvalue weighted by molar-refractivity contribution is 0.232. The van der Waals surface area contributed by atoms with Crippen LogP contribution in [0.1, 0.15) is 11.4 Å². The van der Waals surface area contributed by atoms with Crippen LogP contribution in [0, 0.1) is 13.8 Å². The van der Waals surface area contributed by atoms with Gasteiger partial charge in [0.15, 0.2) is 0 Å². The summed E-state index contributed by atoms with van der Waals surface area (Å²) >= 11 is 0. The van der Waals surface area contributed by atoms with Crippen molar-refractivity contribution in [2.45, 2.75) is 20.4 Å². The molecular weight excluding hydrogens is 188 g/mol. The minimum atomic E-state index is 1.06. The topological polar surface area (TPSA) is 33.1 Å². The predicted octanol–water partition coefficient (Wildman–Crippen LogP) is 0.405. The quantitative estimate of drug-likeness (QED) is 0.781. The maximum Gasteiger partial charge on any atom is 0.0951 e. The van der Waals surface area contributed by atoms with Crippen LogP contribution >= 0.6 is 0 Å². The van der Waals surface area contributed by atoms with Gasteiger partial charge in [0.25, 0.3) is 0 Å². The van der Waals surface area contributed by atoms with Crippen LogP contribution in [0.25, 0.3) is 0 Å². The summed E-state index contributed by atoms with van der Waals surface area (Å²) in [6, 6.07) is 0. The van der Waals surface area contributed by atoms with E-state index in [0.717, 1.165) is 31.9 Å². The van der Waals surface area contributed by atoms with Crippen molar-refractivity contribution in [3.05, 3.63) is 17.7 Å². The molecule has 0 unspecified atom stereocenters. The van der Waals surface area contributed by atoms with Crippen LogP contribution in [0.2, 0.25) is 0 Å². The molecule has 1 aliphatic heterocycles. The first kappa shape index (κ1) is 10.6. The van der Waals surface area contributed by atoms with Crippen molar-refractivity contribution < 1.29 is 0 Å². The zero-order valence-electron chi connectivity index (χ0n) is 9.66. The first-order chi connectivity index (χ1) is 7.27. The lowest BCUT2D eigenvalue weighted by Crippen LogP contribution is -2.44. The van der Waals surface area contributed by atoms with E-state index in [9.17, 15) is 0 Å². The molecule has 0 amide bonds. The molecule has 0 saturated carbocycles. The number of hydrogen-bond donors (Lipinski definition) is 1. The lowest BCUT2D eigenvalue weighted by atomic mass is 10.3. The number of aromatic nitrogens is 2. The summed E-state index contributed by atoms with van der Waals surface area (Å²) in [4.78, 5) is 6.82. The Hall–Kier alpha value is -0.870. The Kier molecular flexibility index (Phi) is 3.38. The molecule has 0 aliphatic carbocycles. The van der Waals surface area contributed by atoms with Crippen LogP contribution < -0.4 is 5.32 Å². The Morgan fingerprint density at radius 2 is 2.00 bits per heavy atom. The highest BCUT2D eigenvalue weighted by atomic mass is 15.2. The number of aryl methyl sites for hydroxylation is 1. The number of nitrogens with one attached hydrogen (secondary N) is 1. The Morgan fingerprint density at radius 3 is 2.60 bits per heavy atom. The van der Waals surface area contributed by atoms with Gasteiger partial charge in [-0.25, -0.2) is 4.98 Å². The van der Waals surface area contributed by atoms with Gasteiger partial charge in [0.1, 0.15) is 0 Å². The molecule has 2 rings (SSSR count). The number of nitrogens with zero attached hydrogens (tertiary/aromatic N) is 3. The monoisotopic (exact) mass is 208 g/mol. The standard InChI is InChI=1S/C11H20N4/c1-10-11(2)15(9-13-10)8-7-14-5-3-12-4-6-14/h9,12H,3-8H2,1-2H3. The van der Waals surface area contributed by atoms with Crippen LogP contribution in [0.4, 0.5) is 0 Å². The molecule has 1 fully saturated rings. The second kappa shape index (κ2) is 4.77. The van der Waals surface area contributed by atoms with Crippen molar-refractivity contribution >= 4 is 0 Å². The van der Waals surface area contributed by atoms with Gasteiger partial charge < -0.3 is 9.88 Å². The van der Waals surface area contributed by atoms with Gasteiger partial charge in [-0.3, -0.25) is 4.90 Å². The molecule has 0 bridgehead atoms. The summed E-state index contributed by atoms with van der Waals surface area (Å²) in [5.41, 5.74) is 2.44. The molecule has 0 spiro atoms. The molecule has 1 N–H and O–H groups in total. The highest BCUT2D eigenvalue weighted by Gasteiger charge is 2.09. The van der Waals surface area contributed by atoms with Gasteiger partial charge in [-0.15, -0.1) is 0 Å². The predicted molar refractivity (Wildman–Crippen MR) is 61.0 cm³/mol. The third kappa shape index (κ3) is 2.58. The Labute approximate surface area is 91.3 Å². The van der Waals surface area contributed by atoms with E-state index in [1.807, 2.05) is 6.33 Å². The minimum Gasteiger partial charge on any atom is -0.333 e. The second-order valence-electron chi connectivity index (χ2n) is 4.20. The van der Waals surface area contributed by atoms with Gasteiger partial charge in [0, 0.05) is 45.0 Å². The first-order valence-corrected chi connectivity index (χ1v) is 5.69. The van der Waals surface area contributed by atoms with Crippen molar-refractivity contribution in [3.63, 3.8) is 0 Å². The van der Waals surface area contributed by atoms with E-state index < -0.39 is 0 Å². The van der Waals surface area contributed by atoms with Gasteiger partial charge in [0.2, 0.25) is 0 Å². The maximum absolute atomic E-state index is 4.31. The zero-order chi connectivity index (χ0) is 10.7. The number of rotatable bonds is 3. The molecular formula is C11H20N4. The van der Waals surface area contributed by atoms with Gasteiger partial charge in [0.05, 0.1) is 12.0 Å². The molecule has 1 aliphatic rings. The van der Waals surface area contributed by atoms with Crippen LogP contribution in [0.5, 0.6) is 0 Å². The SMILES string of the molecule is Cc1ncn(CCN2CCNCC2)c1C. The Bertz CT molecular complexity index is 312. The van der Waals surface area contributed by atoms with Crippen molar-refractivity contribution in [2.24, 2.45) is 0 Å². The van der Waals surface area contributed by atoms with E-state index in [0.29, 0.717) is 0 Å². The molecule has 2 heterocycles. The van der Waals surface area contributed by atoms with E-state index in [1.54, 1.807) is 0 Å². The van der Waals surface area contributed by atoms with Gasteiger partial charge in [-0.1, -0.05) is 0 Å². The number of imidazole rings is 1. The summed E-state index contributed by atoms with van der Waals surface area (Å²) < 4.78 is 2.25. The molecule has 1 saturated heterocycles. The van der Waals surface area contributed by atoms with Crippen molar-refractivity contribution in [2.75, 3.05) is 32.7 Å². The normalized spacial score (nSPS) is 18.3. The molecule has 4 nitrogen and oxygen atoms in total. The summed E-state index contributed by atoms with van der Waals surface area (Å²) in [6.45, 7) is 11.0. The molecule has 1 aromatic rings. The van der Waals surface area contributed by atoms with E-state index in [-0.39, 0.29) is 0 Å². The van der Waals surface area contributed by atoms with Crippen LogP contribution in [-0.4, -0.2) is 47.2 Å². The molecule has 0 radical (unpaired) electrons. The fraction of sp³-hybridized carbons (Fsp3) is 0.727. The van der Waals surface area contributed by atoms with Crippen LogP contribution in [0.3, 0.4) is 0 Å². The molecule has 15 heavy (non-hydrogen) atoms. The minimum absolute atomic E-state index is 1.06. The highest BCUT2D eigenvalue weighted by molar-refractivity contribution is 5.08. The highest BCUT2D eigenvalue weighted by Crippen LogP contribution is 2.04. The molecule has 4 heteroatoms. The fourth-order valence-corrected chi connectivity index (χ4v) is 1.95. The summed E-state index contributed by atoms with van der Waals surface area (Å²) in [5.74, 6) is 0. The third-order valence-electron chi connectivity index (χ3n) is 3.21. The van der Waals surface area contributed by atoms with Crippen LogP contribution in [0.15, 0.2) is 6.33 Å². The van der Waals surface area contributed by atoms with E-state index in [1.165, 1.54) is 18.8 Å². The molecule has 0 atom stereocenters. The zero-order valence-corrected chi connectivity index (χ0v) is 9.66. The van der Waals surface area contributed by atoms with Gasteiger partial charge >= 0.3 is 0 Å². The molecule has 84 valence electrons. The van der Waals surface area contributed by atoms with Crippen molar-refractivity contribution in [3.8, 4) is 0 Å². The number of hydrogen-bond acceptors (Lipinski definition) is 3. The fourth-order valence-electron chi connectivity index (χ4n) is 1.95. The number of piperazine rings is 1. The van der Waals surface area contributed by atoms with E-state index >= 15 is 0 Å². The Balaban J connectivity index is 1.84. The van der Waals surface area contributed by atoms with Crippen molar-refractivity contribution in [1.29, 1.82) is 0 Å². The molecule has 1 aromatic heterocycles. The third-order valence-corrected chi connectivity index (χ3v) is 3.21. The smallest absolute Gasteiger partial charge is 0.0951 e. The average molecular weight is 208 g/mol. The summed E-state index contributed by atoms with van der Waals surface area (Å²) in [6.07, 6.45) is 1.95. The van der Waals surface area contributed by atoms with Gasteiger partial charge in [-0.05, 0) is 13.8 Å².